The maximum Gasteiger partial charge on any atom is 0.166 e. The molecule has 0 unspecified atom stereocenters. The van der Waals surface area contributed by atoms with Crippen LogP contribution in [0.4, 0.5) is 0 Å². The third-order valence-electron chi connectivity index (χ3n) is 10.8. The van der Waals surface area contributed by atoms with E-state index in [-0.39, 0.29) is 0 Å². The molecule has 0 amide bonds. The number of nitrogens with zero attached hydrogens (tertiary/aromatic N) is 4. The van der Waals surface area contributed by atoms with Crippen LogP contribution in [0.5, 0.6) is 0 Å². The van der Waals surface area contributed by atoms with Crippen LogP contribution in [-0.4, -0.2) is 19.5 Å². The SMILES string of the molecule is c1ccc(-c2nc(-c3ccc4c(c3)oc3ccccc34)nc(-c3ccc4c(oc5ccccc54)c3-n3c4ccccc4c4cc5ccccc5cc43)n2)cc1. The van der Waals surface area contributed by atoms with E-state index in [9.17, 15) is 0 Å². The maximum absolute atomic E-state index is 6.86. The van der Waals surface area contributed by atoms with Crippen molar-refractivity contribution in [3.8, 4) is 39.9 Å². The van der Waals surface area contributed by atoms with E-state index in [0.717, 1.165) is 93.4 Å². The van der Waals surface area contributed by atoms with Crippen LogP contribution in [-0.2, 0) is 0 Å². The monoisotopic (exact) mass is 704 g/mol. The zero-order valence-electron chi connectivity index (χ0n) is 29.3. The highest BCUT2D eigenvalue weighted by Gasteiger charge is 2.25. The second kappa shape index (κ2) is 11.5. The average Bonchev–Trinajstić information content (AvgIpc) is 3.92. The van der Waals surface area contributed by atoms with Crippen LogP contribution in [0.1, 0.15) is 0 Å². The minimum Gasteiger partial charge on any atom is -0.456 e. The molecular formula is C49H28N4O2. The van der Waals surface area contributed by atoms with Gasteiger partial charge in [-0.3, -0.25) is 0 Å². The molecule has 0 saturated heterocycles. The van der Waals surface area contributed by atoms with Gasteiger partial charge in [-0.05, 0) is 65.4 Å². The molecule has 256 valence electrons. The molecule has 12 aromatic rings. The van der Waals surface area contributed by atoms with Gasteiger partial charge in [-0.25, -0.2) is 15.0 Å². The fraction of sp³-hybridized carbons (Fsp3) is 0. The second-order valence-corrected chi connectivity index (χ2v) is 14.0. The van der Waals surface area contributed by atoms with Crippen molar-refractivity contribution in [2.75, 3.05) is 0 Å². The Labute approximate surface area is 313 Å². The Morgan fingerprint density at radius 2 is 0.964 bits per heavy atom. The maximum atomic E-state index is 6.86. The third-order valence-corrected chi connectivity index (χ3v) is 10.8. The lowest BCUT2D eigenvalue weighted by molar-refractivity contribution is 0.666. The molecule has 4 heterocycles. The smallest absolute Gasteiger partial charge is 0.166 e. The van der Waals surface area contributed by atoms with Gasteiger partial charge < -0.3 is 13.4 Å². The quantitative estimate of drug-likeness (QED) is 0.182. The van der Waals surface area contributed by atoms with Gasteiger partial charge in [0.1, 0.15) is 22.4 Å². The first-order chi connectivity index (χ1) is 27.2. The number of hydrogen-bond acceptors (Lipinski definition) is 5. The highest BCUT2D eigenvalue weighted by Crippen LogP contribution is 2.43. The molecule has 12 rings (SSSR count). The molecule has 0 spiro atoms. The zero-order valence-corrected chi connectivity index (χ0v) is 29.3. The van der Waals surface area contributed by atoms with Crippen molar-refractivity contribution >= 4 is 76.5 Å². The summed E-state index contributed by atoms with van der Waals surface area (Å²) in [4.78, 5) is 15.6. The van der Waals surface area contributed by atoms with Gasteiger partial charge in [0.15, 0.2) is 23.1 Å². The molecule has 55 heavy (non-hydrogen) atoms. The predicted octanol–water partition coefficient (Wildman–Crippen LogP) is 12.9. The minimum absolute atomic E-state index is 0.539. The van der Waals surface area contributed by atoms with Crippen LogP contribution in [0.15, 0.2) is 179 Å². The van der Waals surface area contributed by atoms with E-state index in [2.05, 4.69) is 108 Å². The Kier molecular flexibility index (Phi) is 6.24. The normalized spacial score (nSPS) is 12.0. The number of furan rings is 2. The van der Waals surface area contributed by atoms with Crippen molar-refractivity contribution in [1.29, 1.82) is 0 Å². The van der Waals surface area contributed by atoms with Gasteiger partial charge in [-0.15, -0.1) is 0 Å². The fourth-order valence-electron chi connectivity index (χ4n) is 8.28. The van der Waals surface area contributed by atoms with Crippen LogP contribution in [0, 0.1) is 0 Å². The second-order valence-electron chi connectivity index (χ2n) is 14.0. The van der Waals surface area contributed by atoms with E-state index in [1.807, 2.05) is 66.7 Å². The first-order valence-corrected chi connectivity index (χ1v) is 18.4. The van der Waals surface area contributed by atoms with Gasteiger partial charge in [0.05, 0.1) is 11.0 Å². The van der Waals surface area contributed by atoms with Gasteiger partial charge in [0, 0.05) is 49.0 Å². The average molecular weight is 705 g/mol. The fourth-order valence-corrected chi connectivity index (χ4v) is 8.28. The summed E-state index contributed by atoms with van der Waals surface area (Å²) >= 11 is 0. The molecule has 6 nitrogen and oxygen atoms in total. The molecule has 0 aliphatic heterocycles. The lowest BCUT2D eigenvalue weighted by Gasteiger charge is -2.15. The topological polar surface area (TPSA) is 69.9 Å². The molecular weight excluding hydrogens is 677 g/mol. The van der Waals surface area contributed by atoms with E-state index in [4.69, 9.17) is 23.8 Å². The third kappa shape index (κ3) is 4.52. The number of fused-ring (bicyclic) bond motifs is 10. The van der Waals surface area contributed by atoms with Crippen LogP contribution < -0.4 is 0 Å². The Morgan fingerprint density at radius 1 is 0.364 bits per heavy atom. The van der Waals surface area contributed by atoms with Crippen molar-refractivity contribution < 1.29 is 8.83 Å². The van der Waals surface area contributed by atoms with Gasteiger partial charge in [-0.1, -0.05) is 115 Å². The molecule has 0 saturated carbocycles. The van der Waals surface area contributed by atoms with Crippen molar-refractivity contribution in [3.05, 3.63) is 170 Å². The van der Waals surface area contributed by atoms with Crippen LogP contribution in [0.2, 0.25) is 0 Å². The molecule has 0 radical (unpaired) electrons. The zero-order chi connectivity index (χ0) is 36.0. The van der Waals surface area contributed by atoms with E-state index in [0.29, 0.717) is 17.5 Å². The molecule has 0 aliphatic rings. The summed E-state index contributed by atoms with van der Waals surface area (Å²) in [5, 5.41) is 8.87. The Hall–Kier alpha value is -7.57. The van der Waals surface area contributed by atoms with Crippen molar-refractivity contribution in [2.45, 2.75) is 0 Å². The molecule has 0 fully saturated rings. The lowest BCUT2D eigenvalue weighted by atomic mass is 10.0. The predicted molar refractivity (Wildman–Crippen MR) is 223 cm³/mol. The van der Waals surface area contributed by atoms with Gasteiger partial charge in [0.2, 0.25) is 0 Å². The molecule has 4 aromatic heterocycles. The van der Waals surface area contributed by atoms with E-state index in [1.165, 1.54) is 5.39 Å². The largest absolute Gasteiger partial charge is 0.456 e. The van der Waals surface area contributed by atoms with E-state index < -0.39 is 0 Å². The molecule has 0 bridgehead atoms. The van der Waals surface area contributed by atoms with E-state index >= 15 is 0 Å². The molecule has 0 N–H and O–H groups in total. The van der Waals surface area contributed by atoms with Crippen LogP contribution in [0.25, 0.3) is 116 Å². The molecule has 0 atom stereocenters. The number of para-hydroxylation sites is 3. The van der Waals surface area contributed by atoms with E-state index in [1.54, 1.807) is 0 Å². The standard InChI is InChI=1S/C49H28N4O2/c1-2-12-29(13-3-1)47-50-48(32-22-23-36-34-17-7-10-20-42(34)54-44(36)28-32)52-49(51-47)38-25-24-37-35-18-8-11-21-43(35)55-46(37)45(38)53-40-19-9-6-16-33(40)39-26-30-14-4-5-15-31(30)27-41(39)53/h1-28H. The summed E-state index contributed by atoms with van der Waals surface area (Å²) < 4.78 is 15.5. The summed E-state index contributed by atoms with van der Waals surface area (Å²) in [6.07, 6.45) is 0. The summed E-state index contributed by atoms with van der Waals surface area (Å²) in [7, 11) is 0. The molecule has 6 heteroatoms. The summed E-state index contributed by atoms with van der Waals surface area (Å²) in [6, 6.07) is 58.6. The van der Waals surface area contributed by atoms with Crippen molar-refractivity contribution in [2.24, 2.45) is 0 Å². The first-order valence-electron chi connectivity index (χ1n) is 18.4. The lowest BCUT2D eigenvalue weighted by Crippen LogP contribution is -2.04. The van der Waals surface area contributed by atoms with Crippen LogP contribution >= 0.6 is 0 Å². The number of aromatic nitrogens is 4. The summed E-state index contributed by atoms with van der Waals surface area (Å²) in [6.45, 7) is 0. The molecule has 0 aliphatic carbocycles. The number of hydrogen-bond donors (Lipinski definition) is 0. The van der Waals surface area contributed by atoms with Crippen LogP contribution in [0.3, 0.4) is 0 Å². The Bertz CT molecular complexity index is 3500. The number of benzene rings is 8. The van der Waals surface area contributed by atoms with Crippen molar-refractivity contribution in [3.63, 3.8) is 0 Å². The first kappa shape index (κ1) is 29.9. The summed E-state index contributed by atoms with van der Waals surface area (Å²) in [5.41, 5.74) is 8.78. The van der Waals surface area contributed by atoms with Crippen molar-refractivity contribution in [1.82, 2.24) is 19.5 Å². The minimum atomic E-state index is 0.539. The summed E-state index contributed by atoms with van der Waals surface area (Å²) in [5.74, 6) is 1.67. The Balaban J connectivity index is 1.19. The number of rotatable bonds is 4. The van der Waals surface area contributed by atoms with Gasteiger partial charge in [0.25, 0.3) is 0 Å². The molecule has 8 aromatic carbocycles. The van der Waals surface area contributed by atoms with Gasteiger partial charge in [-0.2, -0.15) is 0 Å². The van der Waals surface area contributed by atoms with Gasteiger partial charge >= 0.3 is 0 Å². The highest BCUT2D eigenvalue weighted by molar-refractivity contribution is 6.17. The highest BCUT2D eigenvalue weighted by atomic mass is 16.3. The Morgan fingerprint density at radius 3 is 1.78 bits per heavy atom.